The molecule has 2 aromatic rings. The van der Waals surface area contributed by atoms with Gasteiger partial charge in [0.05, 0.1) is 23.0 Å². The number of methoxy groups -OCH3 is 1. The van der Waals surface area contributed by atoms with Crippen molar-refractivity contribution in [2.75, 3.05) is 7.11 Å². The van der Waals surface area contributed by atoms with Gasteiger partial charge < -0.3 is 9.47 Å². The Bertz CT molecular complexity index is 626. The molecular weight excluding hydrogens is 400 g/mol. The molecule has 4 nitrogen and oxygen atoms in total. The molecule has 0 fully saturated rings. The van der Waals surface area contributed by atoms with Gasteiger partial charge in [-0.1, -0.05) is 22.9 Å². The number of aryl methyl sites for hydroxylation is 2. The van der Waals surface area contributed by atoms with Crippen LogP contribution < -0.4 is 9.47 Å². The molecule has 0 radical (unpaired) electrons. The van der Waals surface area contributed by atoms with Crippen molar-refractivity contribution in [2.45, 2.75) is 25.3 Å². The van der Waals surface area contributed by atoms with E-state index in [9.17, 15) is 0 Å². The predicted octanol–water partition coefficient (Wildman–Crippen LogP) is 4.23. The Balaban J connectivity index is 2.18. The summed E-state index contributed by atoms with van der Waals surface area (Å²) in [5.41, 5.74) is 3.14. The number of benzene rings is 1. The fourth-order valence-corrected chi connectivity index (χ4v) is 3.22. The fourth-order valence-electron chi connectivity index (χ4n) is 2.05. The van der Waals surface area contributed by atoms with Gasteiger partial charge in [0, 0.05) is 17.9 Å². The van der Waals surface area contributed by atoms with Gasteiger partial charge >= 0.3 is 0 Å². The lowest BCUT2D eigenvalue weighted by Crippen LogP contribution is -2.04. The highest BCUT2D eigenvalue weighted by Crippen LogP contribution is 2.28. The second-order valence-corrected chi connectivity index (χ2v) is 5.93. The van der Waals surface area contributed by atoms with Crippen LogP contribution >= 0.6 is 31.9 Å². The van der Waals surface area contributed by atoms with Gasteiger partial charge in [0.1, 0.15) is 18.1 Å². The molecule has 0 spiro atoms. The molecule has 1 heterocycles. The third-order valence-corrected chi connectivity index (χ3v) is 4.80. The van der Waals surface area contributed by atoms with Crippen molar-refractivity contribution in [3.05, 3.63) is 39.6 Å². The Morgan fingerprint density at radius 3 is 2.67 bits per heavy atom. The average Bonchev–Trinajstić information content (AvgIpc) is 2.79. The van der Waals surface area contributed by atoms with Crippen LogP contribution in [0.25, 0.3) is 0 Å². The van der Waals surface area contributed by atoms with Crippen LogP contribution in [0, 0.1) is 0 Å². The van der Waals surface area contributed by atoms with E-state index in [1.807, 2.05) is 29.9 Å². The van der Waals surface area contributed by atoms with Gasteiger partial charge in [0.25, 0.3) is 0 Å². The minimum atomic E-state index is 0.469. The highest BCUT2D eigenvalue weighted by molar-refractivity contribution is 9.10. The van der Waals surface area contributed by atoms with Crippen LogP contribution in [-0.2, 0) is 25.4 Å². The van der Waals surface area contributed by atoms with Crippen molar-refractivity contribution in [1.82, 2.24) is 9.78 Å². The molecule has 0 aliphatic heterocycles. The van der Waals surface area contributed by atoms with Crippen LogP contribution in [0.5, 0.6) is 11.5 Å². The van der Waals surface area contributed by atoms with Gasteiger partial charge in [0.2, 0.25) is 0 Å². The molecule has 6 heteroatoms. The topological polar surface area (TPSA) is 36.3 Å². The predicted molar refractivity (Wildman–Crippen MR) is 90.2 cm³/mol. The third kappa shape index (κ3) is 3.61. The minimum Gasteiger partial charge on any atom is -0.497 e. The smallest absolute Gasteiger partial charge is 0.131 e. The summed E-state index contributed by atoms with van der Waals surface area (Å²) >= 11 is 7.08. The van der Waals surface area contributed by atoms with Gasteiger partial charge in [0.15, 0.2) is 0 Å². The van der Waals surface area contributed by atoms with Gasteiger partial charge in [-0.2, -0.15) is 5.10 Å². The normalized spacial score (nSPS) is 10.7. The molecule has 114 valence electrons. The van der Waals surface area contributed by atoms with E-state index >= 15 is 0 Å². The average molecular weight is 418 g/mol. The summed E-state index contributed by atoms with van der Waals surface area (Å²) in [4.78, 5) is 0. The van der Waals surface area contributed by atoms with E-state index in [1.54, 1.807) is 7.11 Å². The molecule has 0 N–H and O–H groups in total. The van der Waals surface area contributed by atoms with Crippen molar-refractivity contribution in [1.29, 1.82) is 0 Å². The van der Waals surface area contributed by atoms with Gasteiger partial charge in [-0.05, 0) is 40.5 Å². The van der Waals surface area contributed by atoms with Crippen LogP contribution in [0.2, 0.25) is 0 Å². The molecule has 0 saturated carbocycles. The Hall–Kier alpha value is -1.01. The van der Waals surface area contributed by atoms with Crippen molar-refractivity contribution in [3.63, 3.8) is 0 Å². The first-order chi connectivity index (χ1) is 10.1. The number of halogens is 2. The lowest BCUT2D eigenvalue weighted by molar-refractivity contribution is 0.291. The number of hydrogen-bond acceptors (Lipinski definition) is 3. The summed E-state index contributed by atoms with van der Waals surface area (Å²) in [5.74, 6) is 1.67. The summed E-state index contributed by atoms with van der Waals surface area (Å²) in [7, 11) is 3.59. The van der Waals surface area contributed by atoms with E-state index in [0.29, 0.717) is 11.9 Å². The molecule has 21 heavy (non-hydrogen) atoms. The molecule has 0 aliphatic rings. The zero-order valence-corrected chi connectivity index (χ0v) is 15.5. The van der Waals surface area contributed by atoms with E-state index in [-0.39, 0.29) is 0 Å². The summed E-state index contributed by atoms with van der Waals surface area (Å²) in [5, 5.41) is 5.19. The Kier molecular flexibility index (Phi) is 5.70. The SMILES string of the molecule is CCc1nn(C)c(COc2ccc(OC)cc2CBr)c1Br. The van der Waals surface area contributed by atoms with Gasteiger partial charge in [-0.25, -0.2) is 0 Å². The van der Waals surface area contributed by atoms with Gasteiger partial charge in [-0.3, -0.25) is 4.68 Å². The molecule has 2 rings (SSSR count). The van der Waals surface area contributed by atoms with Crippen molar-refractivity contribution in [3.8, 4) is 11.5 Å². The molecule has 1 aromatic carbocycles. The first kappa shape index (κ1) is 16.4. The number of rotatable bonds is 6. The molecule has 0 saturated heterocycles. The van der Waals surface area contributed by atoms with Crippen LogP contribution in [0.1, 0.15) is 23.9 Å². The van der Waals surface area contributed by atoms with E-state index in [0.717, 1.165) is 39.3 Å². The molecule has 0 unspecified atom stereocenters. The fraction of sp³-hybridized carbons (Fsp3) is 0.400. The zero-order chi connectivity index (χ0) is 15.4. The lowest BCUT2D eigenvalue weighted by Gasteiger charge is -2.12. The van der Waals surface area contributed by atoms with Crippen LogP contribution in [0.15, 0.2) is 22.7 Å². The van der Waals surface area contributed by atoms with Crippen LogP contribution in [0.3, 0.4) is 0 Å². The molecule has 0 aliphatic carbocycles. The largest absolute Gasteiger partial charge is 0.497 e. The van der Waals surface area contributed by atoms with Crippen molar-refractivity contribution >= 4 is 31.9 Å². The van der Waals surface area contributed by atoms with Crippen molar-refractivity contribution < 1.29 is 9.47 Å². The lowest BCUT2D eigenvalue weighted by atomic mass is 10.2. The molecule has 0 amide bonds. The minimum absolute atomic E-state index is 0.469. The Morgan fingerprint density at radius 1 is 1.33 bits per heavy atom. The Morgan fingerprint density at radius 2 is 2.10 bits per heavy atom. The maximum Gasteiger partial charge on any atom is 0.131 e. The van der Waals surface area contributed by atoms with E-state index < -0.39 is 0 Å². The molecular formula is C15H18Br2N2O2. The first-order valence-electron chi connectivity index (χ1n) is 6.66. The van der Waals surface area contributed by atoms with E-state index in [4.69, 9.17) is 9.47 Å². The zero-order valence-electron chi connectivity index (χ0n) is 12.3. The van der Waals surface area contributed by atoms with Gasteiger partial charge in [-0.15, -0.1) is 0 Å². The van der Waals surface area contributed by atoms with Crippen LogP contribution in [0.4, 0.5) is 0 Å². The summed E-state index contributed by atoms with van der Waals surface area (Å²) < 4.78 is 14.1. The maximum absolute atomic E-state index is 5.96. The number of nitrogens with zero attached hydrogens (tertiary/aromatic N) is 2. The van der Waals surface area contributed by atoms with E-state index in [2.05, 4.69) is 43.9 Å². The second-order valence-electron chi connectivity index (χ2n) is 4.58. The second kappa shape index (κ2) is 7.31. The number of ether oxygens (including phenoxy) is 2. The Labute approximate surface area is 141 Å². The molecule has 0 bridgehead atoms. The number of alkyl halides is 1. The highest BCUT2D eigenvalue weighted by Gasteiger charge is 2.14. The maximum atomic E-state index is 5.96. The van der Waals surface area contributed by atoms with Crippen LogP contribution in [-0.4, -0.2) is 16.9 Å². The monoisotopic (exact) mass is 416 g/mol. The number of aromatic nitrogens is 2. The van der Waals surface area contributed by atoms with Crippen molar-refractivity contribution in [2.24, 2.45) is 7.05 Å². The molecule has 0 atom stereocenters. The summed E-state index contributed by atoms with van der Waals surface area (Å²) in [6, 6.07) is 5.80. The standard InChI is InChI=1S/C15H18Br2N2O2/c1-4-12-15(17)13(19(2)18-12)9-21-14-6-5-11(20-3)7-10(14)8-16/h5-7H,4,8-9H2,1-3H3. The molecule has 1 aromatic heterocycles. The summed E-state index contributed by atoms with van der Waals surface area (Å²) in [6.07, 6.45) is 0.892. The number of hydrogen-bond donors (Lipinski definition) is 0. The highest BCUT2D eigenvalue weighted by atomic mass is 79.9. The quantitative estimate of drug-likeness (QED) is 0.660. The summed E-state index contributed by atoms with van der Waals surface area (Å²) in [6.45, 7) is 2.56. The van der Waals surface area contributed by atoms with E-state index in [1.165, 1.54) is 0 Å². The first-order valence-corrected chi connectivity index (χ1v) is 8.58. The third-order valence-electron chi connectivity index (χ3n) is 3.28.